The third kappa shape index (κ3) is 3.61. The molecule has 0 radical (unpaired) electrons. The largest absolute Gasteiger partial charge is 0.339 e. The van der Waals surface area contributed by atoms with Gasteiger partial charge in [-0.2, -0.15) is 4.98 Å². The second kappa shape index (κ2) is 6.41. The van der Waals surface area contributed by atoms with Crippen LogP contribution in [0.15, 0.2) is 16.9 Å². The Balaban J connectivity index is 1.28. The maximum absolute atomic E-state index is 5.35. The highest BCUT2D eigenvalue weighted by molar-refractivity contribution is 5.02. The van der Waals surface area contributed by atoms with Gasteiger partial charge in [-0.05, 0) is 32.2 Å². The second-order valence-corrected chi connectivity index (χ2v) is 6.73. The SMILES string of the molecule is Cn1ccnc1CN[C@H]1CCCN(Cc2noc(C3CC3)n2)C1. The lowest BCUT2D eigenvalue weighted by molar-refractivity contribution is 0.176. The molecule has 1 saturated heterocycles. The van der Waals surface area contributed by atoms with Gasteiger partial charge in [0, 0.05) is 37.9 Å². The van der Waals surface area contributed by atoms with E-state index in [9.17, 15) is 0 Å². The molecule has 1 atom stereocenters. The fourth-order valence-corrected chi connectivity index (χ4v) is 3.20. The summed E-state index contributed by atoms with van der Waals surface area (Å²) in [5, 5.41) is 7.76. The van der Waals surface area contributed by atoms with E-state index in [2.05, 4.69) is 29.9 Å². The van der Waals surface area contributed by atoms with Gasteiger partial charge in [0.25, 0.3) is 0 Å². The number of nitrogens with zero attached hydrogens (tertiary/aromatic N) is 5. The molecular weight excluding hydrogens is 292 g/mol. The molecule has 2 aliphatic rings. The van der Waals surface area contributed by atoms with Crippen LogP contribution in [0.4, 0.5) is 0 Å². The first-order valence-electron chi connectivity index (χ1n) is 8.52. The topological polar surface area (TPSA) is 72.0 Å². The molecule has 0 amide bonds. The minimum atomic E-state index is 0.496. The van der Waals surface area contributed by atoms with Crippen molar-refractivity contribution in [2.24, 2.45) is 7.05 Å². The van der Waals surface area contributed by atoms with E-state index >= 15 is 0 Å². The van der Waals surface area contributed by atoms with Gasteiger partial charge in [-0.25, -0.2) is 4.98 Å². The van der Waals surface area contributed by atoms with Crippen LogP contribution in [0, 0.1) is 0 Å². The van der Waals surface area contributed by atoms with Gasteiger partial charge in [-0.1, -0.05) is 5.16 Å². The van der Waals surface area contributed by atoms with E-state index in [1.807, 2.05) is 19.4 Å². The summed E-state index contributed by atoms with van der Waals surface area (Å²) in [6, 6.07) is 0.496. The van der Waals surface area contributed by atoms with Gasteiger partial charge in [0.1, 0.15) is 5.82 Å². The highest BCUT2D eigenvalue weighted by Crippen LogP contribution is 2.38. The van der Waals surface area contributed by atoms with Gasteiger partial charge in [0.15, 0.2) is 5.82 Å². The molecule has 1 N–H and O–H groups in total. The Hall–Kier alpha value is -1.73. The van der Waals surface area contributed by atoms with Crippen LogP contribution in [0.1, 0.15) is 49.1 Å². The van der Waals surface area contributed by atoms with E-state index in [-0.39, 0.29) is 0 Å². The highest BCUT2D eigenvalue weighted by Gasteiger charge is 2.30. The lowest BCUT2D eigenvalue weighted by Crippen LogP contribution is -2.45. The first-order chi connectivity index (χ1) is 11.3. The van der Waals surface area contributed by atoms with Crippen LogP contribution in [-0.2, 0) is 20.1 Å². The molecule has 124 valence electrons. The number of hydrogen-bond acceptors (Lipinski definition) is 6. The predicted octanol–water partition coefficient (Wildman–Crippen LogP) is 1.43. The number of nitrogens with one attached hydrogen (secondary N) is 1. The average Bonchev–Trinajstić information content (AvgIpc) is 3.17. The molecule has 3 heterocycles. The summed E-state index contributed by atoms with van der Waals surface area (Å²) >= 11 is 0. The summed E-state index contributed by atoms with van der Waals surface area (Å²) in [5.74, 6) is 3.28. The maximum atomic E-state index is 5.35. The lowest BCUT2D eigenvalue weighted by atomic mass is 10.1. The third-order valence-electron chi connectivity index (χ3n) is 4.75. The molecule has 2 fully saturated rings. The first kappa shape index (κ1) is 14.8. The Bertz CT molecular complexity index is 647. The molecule has 1 aliphatic carbocycles. The molecule has 7 heteroatoms. The van der Waals surface area contributed by atoms with E-state index in [0.29, 0.717) is 12.0 Å². The molecule has 0 bridgehead atoms. The molecule has 1 saturated carbocycles. The first-order valence-corrected chi connectivity index (χ1v) is 8.52. The summed E-state index contributed by atoms with van der Waals surface area (Å²) in [4.78, 5) is 11.3. The zero-order valence-corrected chi connectivity index (χ0v) is 13.6. The standard InChI is InChI=1S/C16H24N6O/c1-21-8-6-17-15(21)9-18-13-3-2-7-22(10-13)11-14-19-16(23-20-14)12-4-5-12/h6,8,12-13,18H,2-5,7,9-11H2,1H3/t13-/m0/s1. The minimum Gasteiger partial charge on any atom is -0.339 e. The van der Waals surface area contributed by atoms with Crippen LogP contribution >= 0.6 is 0 Å². The molecule has 0 unspecified atom stereocenters. The monoisotopic (exact) mass is 316 g/mol. The van der Waals surface area contributed by atoms with Gasteiger partial charge in [-0.3, -0.25) is 4.90 Å². The van der Waals surface area contributed by atoms with Gasteiger partial charge in [0.05, 0.1) is 13.1 Å². The molecule has 7 nitrogen and oxygen atoms in total. The van der Waals surface area contributed by atoms with Crippen LogP contribution in [0.25, 0.3) is 0 Å². The number of piperidine rings is 1. The lowest BCUT2D eigenvalue weighted by Gasteiger charge is -2.32. The Morgan fingerprint density at radius 3 is 3.04 bits per heavy atom. The zero-order chi connectivity index (χ0) is 15.6. The molecular formula is C16H24N6O. The maximum Gasteiger partial charge on any atom is 0.229 e. The second-order valence-electron chi connectivity index (χ2n) is 6.73. The summed E-state index contributed by atoms with van der Waals surface area (Å²) in [6.07, 6.45) is 8.64. The average molecular weight is 316 g/mol. The molecule has 0 aromatic carbocycles. The van der Waals surface area contributed by atoms with Crippen LogP contribution in [-0.4, -0.2) is 43.7 Å². The summed E-state index contributed by atoms with van der Waals surface area (Å²) in [5.41, 5.74) is 0. The number of rotatable bonds is 6. The molecule has 4 rings (SSSR count). The summed E-state index contributed by atoms with van der Waals surface area (Å²) in [7, 11) is 2.03. The molecule has 0 spiro atoms. The molecule has 1 aliphatic heterocycles. The Kier molecular flexibility index (Phi) is 4.13. The zero-order valence-electron chi connectivity index (χ0n) is 13.6. The smallest absolute Gasteiger partial charge is 0.229 e. The number of aromatic nitrogens is 4. The van der Waals surface area contributed by atoms with Gasteiger partial charge in [0.2, 0.25) is 5.89 Å². The van der Waals surface area contributed by atoms with Crippen molar-refractivity contribution < 1.29 is 4.52 Å². The van der Waals surface area contributed by atoms with Crippen molar-refractivity contribution >= 4 is 0 Å². The Morgan fingerprint density at radius 2 is 2.26 bits per heavy atom. The quantitative estimate of drug-likeness (QED) is 0.869. The minimum absolute atomic E-state index is 0.496. The fourth-order valence-electron chi connectivity index (χ4n) is 3.20. The number of likely N-dealkylation sites (tertiary alicyclic amines) is 1. The van der Waals surface area contributed by atoms with Gasteiger partial charge >= 0.3 is 0 Å². The van der Waals surface area contributed by atoms with Crippen molar-refractivity contribution in [3.05, 3.63) is 29.9 Å². The number of aryl methyl sites for hydroxylation is 1. The van der Waals surface area contributed by atoms with Crippen molar-refractivity contribution in [3.63, 3.8) is 0 Å². The van der Waals surface area contributed by atoms with E-state index in [4.69, 9.17) is 4.52 Å². The van der Waals surface area contributed by atoms with Crippen molar-refractivity contribution in [2.75, 3.05) is 13.1 Å². The van der Waals surface area contributed by atoms with E-state index in [0.717, 1.165) is 43.7 Å². The summed E-state index contributed by atoms with van der Waals surface area (Å²) < 4.78 is 7.41. The Labute approximate surface area is 136 Å². The predicted molar refractivity (Wildman–Crippen MR) is 84.6 cm³/mol. The van der Waals surface area contributed by atoms with Crippen molar-refractivity contribution in [3.8, 4) is 0 Å². The van der Waals surface area contributed by atoms with E-state index in [1.165, 1.54) is 25.7 Å². The van der Waals surface area contributed by atoms with Crippen LogP contribution < -0.4 is 5.32 Å². The summed E-state index contributed by atoms with van der Waals surface area (Å²) in [6.45, 7) is 3.73. The highest BCUT2D eigenvalue weighted by atomic mass is 16.5. The molecule has 2 aromatic heterocycles. The van der Waals surface area contributed by atoms with Crippen molar-refractivity contribution in [2.45, 2.75) is 50.7 Å². The van der Waals surface area contributed by atoms with Crippen LogP contribution in [0.2, 0.25) is 0 Å². The number of hydrogen-bond donors (Lipinski definition) is 1. The third-order valence-corrected chi connectivity index (χ3v) is 4.75. The van der Waals surface area contributed by atoms with Crippen LogP contribution in [0.3, 0.4) is 0 Å². The van der Waals surface area contributed by atoms with E-state index < -0.39 is 0 Å². The van der Waals surface area contributed by atoms with E-state index in [1.54, 1.807) is 0 Å². The van der Waals surface area contributed by atoms with Crippen molar-refractivity contribution in [1.29, 1.82) is 0 Å². The van der Waals surface area contributed by atoms with Gasteiger partial charge in [-0.15, -0.1) is 0 Å². The molecule has 2 aromatic rings. The van der Waals surface area contributed by atoms with Crippen molar-refractivity contribution in [1.82, 2.24) is 29.9 Å². The molecule has 23 heavy (non-hydrogen) atoms. The van der Waals surface area contributed by atoms with Gasteiger partial charge < -0.3 is 14.4 Å². The fraction of sp³-hybridized carbons (Fsp3) is 0.688. The normalized spacial score (nSPS) is 22.6. The Morgan fingerprint density at radius 1 is 1.35 bits per heavy atom. The van der Waals surface area contributed by atoms with Crippen LogP contribution in [0.5, 0.6) is 0 Å². The number of imidazole rings is 1.